The predicted molar refractivity (Wildman–Crippen MR) is 178 cm³/mol. The van der Waals surface area contributed by atoms with Crippen molar-refractivity contribution < 1.29 is 4.52 Å². The fraction of sp³-hybridized carbons (Fsp3) is 0.0769. The first kappa shape index (κ1) is 26.4. The monoisotopic (exact) mass is 563 g/mol. The Morgan fingerprint density at radius 2 is 0.905 bits per heavy atom. The molecule has 6 aromatic carbocycles. The Morgan fingerprint density at radius 1 is 0.500 bits per heavy atom. The zero-order chi connectivity index (χ0) is 28.5. The second-order valence-corrected chi connectivity index (χ2v) is 15.4. The quantitative estimate of drug-likeness (QED) is 0.155. The van der Waals surface area contributed by atoms with Crippen LogP contribution in [0.25, 0.3) is 0 Å². The molecule has 0 aliphatic carbocycles. The van der Waals surface area contributed by atoms with Crippen LogP contribution in [0, 0.1) is 0 Å². The van der Waals surface area contributed by atoms with E-state index in [0.717, 1.165) is 11.8 Å². The molecule has 0 atom stereocenters. The molecule has 6 aromatic rings. The zero-order valence-corrected chi connectivity index (χ0v) is 24.6. The van der Waals surface area contributed by atoms with Crippen molar-refractivity contribution in [3.63, 3.8) is 0 Å². The van der Waals surface area contributed by atoms with Gasteiger partial charge in [0.05, 0.1) is 0 Å². The van der Waals surface area contributed by atoms with Gasteiger partial charge in [0.25, 0.3) is 0 Å². The second-order valence-electron chi connectivity index (χ2n) is 11.1. The fourth-order valence-corrected chi connectivity index (χ4v) is 11.9. The molecule has 206 valence electrons. The van der Waals surface area contributed by atoms with Gasteiger partial charge in [-0.1, -0.05) is 0 Å². The molecule has 0 saturated carbocycles. The van der Waals surface area contributed by atoms with E-state index >= 15 is 0 Å². The maximum absolute atomic E-state index is 6.84. The predicted octanol–water partition coefficient (Wildman–Crippen LogP) is 8.68. The molecular weight excluding hydrogens is 529 g/mol. The Kier molecular flexibility index (Phi) is 6.54. The molecule has 1 N–H and O–H groups in total. The van der Waals surface area contributed by atoms with Crippen molar-refractivity contribution in [3.05, 3.63) is 198 Å². The number of fused-ring (bicyclic) bond motifs is 1. The van der Waals surface area contributed by atoms with Gasteiger partial charge >= 0.3 is 249 Å². The molecule has 0 spiro atoms. The first-order valence-corrected chi connectivity index (χ1v) is 16.8. The summed E-state index contributed by atoms with van der Waals surface area (Å²) < 4.78 is 6.84. The third-order valence-corrected chi connectivity index (χ3v) is 14.2. The second kappa shape index (κ2) is 10.4. The molecule has 1 aliphatic rings. The molecule has 1 heterocycles. The normalized spacial score (nSPS) is 16.0. The summed E-state index contributed by atoms with van der Waals surface area (Å²) in [6, 6.07) is 61.2. The van der Waals surface area contributed by atoms with Crippen molar-refractivity contribution in [1.29, 1.82) is 0 Å². The summed E-state index contributed by atoms with van der Waals surface area (Å²) >= 11 is 0. The van der Waals surface area contributed by atoms with E-state index in [1.807, 2.05) is 7.11 Å². The van der Waals surface area contributed by atoms with Crippen LogP contribution < -0.4 is 15.7 Å². The van der Waals surface area contributed by atoms with Crippen LogP contribution in [0.4, 0.5) is 5.69 Å². The SMILES string of the molecule is COP1(c2ccccc2)(c2ccccc2)Cc2cc(C(c3ccccc3)(c3ccccc3)c3ccccc3)ccc2N1. The van der Waals surface area contributed by atoms with Crippen LogP contribution >= 0.6 is 6.98 Å². The van der Waals surface area contributed by atoms with E-state index in [1.165, 1.54) is 38.4 Å². The molecular formula is C39H34NOP. The number of hydrogen-bond donors (Lipinski definition) is 1. The van der Waals surface area contributed by atoms with Gasteiger partial charge in [0, 0.05) is 0 Å². The number of rotatable bonds is 7. The van der Waals surface area contributed by atoms with E-state index in [-0.39, 0.29) is 0 Å². The van der Waals surface area contributed by atoms with Gasteiger partial charge in [-0.05, 0) is 0 Å². The van der Waals surface area contributed by atoms with Crippen molar-refractivity contribution >= 4 is 23.3 Å². The summed E-state index contributed by atoms with van der Waals surface area (Å²) in [5, 5.41) is 6.46. The molecule has 2 nitrogen and oxygen atoms in total. The van der Waals surface area contributed by atoms with Gasteiger partial charge in [-0.25, -0.2) is 0 Å². The van der Waals surface area contributed by atoms with E-state index in [4.69, 9.17) is 4.52 Å². The summed E-state index contributed by atoms with van der Waals surface area (Å²) in [6.07, 6.45) is 0.772. The Bertz CT molecular complexity index is 1670. The molecule has 0 radical (unpaired) electrons. The van der Waals surface area contributed by atoms with Crippen LogP contribution in [-0.4, -0.2) is 7.11 Å². The minimum atomic E-state index is -3.30. The Morgan fingerprint density at radius 3 is 1.31 bits per heavy atom. The standard InChI is InChI=1S/C39H34NOP/c1-41-42(36-23-13-5-14-24-36,37-25-15-6-16-26-37)30-31-29-35(27-28-38(31)40-42)39(32-17-7-2-8-18-32,33-19-9-3-10-20-33)34-21-11-4-12-22-34/h2-29,40H,30H2,1H3. The van der Waals surface area contributed by atoms with E-state index in [9.17, 15) is 0 Å². The molecule has 0 saturated heterocycles. The third kappa shape index (κ3) is 3.87. The minimum absolute atomic E-state index is 0.496. The van der Waals surface area contributed by atoms with Crippen molar-refractivity contribution in [2.75, 3.05) is 12.2 Å². The summed E-state index contributed by atoms with van der Waals surface area (Å²) in [7, 11) is 1.87. The molecule has 42 heavy (non-hydrogen) atoms. The Balaban J connectivity index is 1.50. The van der Waals surface area contributed by atoms with E-state index in [2.05, 4.69) is 175 Å². The Hall–Kier alpha value is -4.49. The first-order chi connectivity index (χ1) is 20.7. The molecule has 0 aromatic heterocycles. The zero-order valence-electron chi connectivity index (χ0n) is 23.7. The van der Waals surface area contributed by atoms with Crippen LogP contribution in [0.1, 0.15) is 27.8 Å². The summed E-state index contributed by atoms with van der Waals surface area (Å²) in [5.41, 5.74) is 6.86. The molecule has 0 bridgehead atoms. The van der Waals surface area contributed by atoms with Gasteiger partial charge in [-0.2, -0.15) is 0 Å². The van der Waals surface area contributed by atoms with E-state index in [1.54, 1.807) is 0 Å². The summed E-state index contributed by atoms with van der Waals surface area (Å²) in [5.74, 6) is 0. The van der Waals surface area contributed by atoms with E-state index < -0.39 is 12.4 Å². The van der Waals surface area contributed by atoms with Gasteiger partial charge in [-0.3, -0.25) is 0 Å². The molecule has 7 rings (SSSR count). The maximum atomic E-state index is 6.84. The van der Waals surface area contributed by atoms with Crippen LogP contribution in [-0.2, 0) is 16.1 Å². The van der Waals surface area contributed by atoms with E-state index in [0.29, 0.717) is 0 Å². The van der Waals surface area contributed by atoms with Gasteiger partial charge in [-0.15, -0.1) is 0 Å². The van der Waals surface area contributed by atoms with Crippen LogP contribution in [0.5, 0.6) is 0 Å². The number of hydrogen-bond acceptors (Lipinski definition) is 2. The molecule has 0 fully saturated rings. The average Bonchev–Trinajstić information content (AvgIpc) is 3.45. The summed E-state index contributed by atoms with van der Waals surface area (Å²) in [4.78, 5) is 0. The average molecular weight is 564 g/mol. The molecule has 1 aliphatic heterocycles. The van der Waals surface area contributed by atoms with Crippen molar-refractivity contribution in [1.82, 2.24) is 0 Å². The van der Waals surface area contributed by atoms with Crippen molar-refractivity contribution in [3.8, 4) is 0 Å². The van der Waals surface area contributed by atoms with Gasteiger partial charge < -0.3 is 0 Å². The van der Waals surface area contributed by atoms with Gasteiger partial charge in [0.1, 0.15) is 0 Å². The number of benzene rings is 6. The topological polar surface area (TPSA) is 21.3 Å². The van der Waals surface area contributed by atoms with Gasteiger partial charge in [0.15, 0.2) is 0 Å². The fourth-order valence-electron chi connectivity index (χ4n) is 7.02. The first-order valence-electron chi connectivity index (χ1n) is 14.5. The molecule has 3 heteroatoms. The Labute approximate surface area is 248 Å². The van der Waals surface area contributed by atoms with Crippen LogP contribution in [0.15, 0.2) is 170 Å². The summed E-state index contributed by atoms with van der Waals surface area (Å²) in [6.45, 7) is -3.30. The molecule has 0 unspecified atom stereocenters. The van der Waals surface area contributed by atoms with Crippen LogP contribution in [0.3, 0.4) is 0 Å². The van der Waals surface area contributed by atoms with Crippen molar-refractivity contribution in [2.45, 2.75) is 11.6 Å². The van der Waals surface area contributed by atoms with Gasteiger partial charge in [0.2, 0.25) is 0 Å². The third-order valence-electron chi connectivity index (χ3n) is 9.00. The number of nitrogens with one attached hydrogen (secondary N) is 1. The van der Waals surface area contributed by atoms with Crippen molar-refractivity contribution in [2.24, 2.45) is 0 Å². The number of anilines is 1. The van der Waals surface area contributed by atoms with Crippen LogP contribution in [0.2, 0.25) is 0 Å². The molecule has 0 amide bonds.